The first-order valence-corrected chi connectivity index (χ1v) is 4.11. The van der Waals surface area contributed by atoms with E-state index in [2.05, 4.69) is 13.8 Å². The van der Waals surface area contributed by atoms with Gasteiger partial charge in [-0.25, -0.2) is 0 Å². The van der Waals surface area contributed by atoms with Crippen LogP contribution in [0.4, 0.5) is 0 Å². The zero-order chi connectivity index (χ0) is 7.45. The van der Waals surface area contributed by atoms with Gasteiger partial charge < -0.3 is 9.47 Å². The first kappa shape index (κ1) is 8.02. The lowest BCUT2D eigenvalue weighted by molar-refractivity contribution is -0.163. The van der Waals surface area contributed by atoms with Gasteiger partial charge in [-0.2, -0.15) is 0 Å². The highest BCUT2D eigenvalue weighted by molar-refractivity contribution is 4.71. The van der Waals surface area contributed by atoms with Gasteiger partial charge in [0.05, 0.1) is 13.2 Å². The second kappa shape index (κ2) is 3.35. The van der Waals surface area contributed by atoms with Gasteiger partial charge in [-0.15, -0.1) is 0 Å². The van der Waals surface area contributed by atoms with Crippen LogP contribution in [0.2, 0.25) is 0 Å². The van der Waals surface area contributed by atoms with Gasteiger partial charge in [0.2, 0.25) is 0 Å². The summed E-state index contributed by atoms with van der Waals surface area (Å²) in [5.74, 6) is -0.214. The molecule has 10 heavy (non-hydrogen) atoms. The van der Waals surface area contributed by atoms with Crippen molar-refractivity contribution in [3.63, 3.8) is 0 Å². The van der Waals surface area contributed by atoms with Crippen molar-refractivity contribution in [2.24, 2.45) is 0 Å². The second-order valence-electron chi connectivity index (χ2n) is 2.71. The molecule has 1 saturated heterocycles. The zero-order valence-corrected chi connectivity index (χ0v) is 6.85. The van der Waals surface area contributed by atoms with Gasteiger partial charge in [-0.05, 0) is 6.42 Å². The van der Waals surface area contributed by atoms with Crippen molar-refractivity contribution >= 4 is 0 Å². The highest BCUT2D eigenvalue weighted by Crippen LogP contribution is 2.27. The van der Waals surface area contributed by atoms with Crippen LogP contribution in [0.25, 0.3) is 0 Å². The Kier molecular flexibility index (Phi) is 2.69. The predicted molar refractivity (Wildman–Crippen MR) is 39.8 cm³/mol. The van der Waals surface area contributed by atoms with E-state index in [4.69, 9.17) is 9.47 Å². The van der Waals surface area contributed by atoms with Gasteiger partial charge in [0.25, 0.3) is 0 Å². The Labute approximate surface area is 62.5 Å². The third kappa shape index (κ3) is 1.50. The molecule has 0 spiro atoms. The van der Waals surface area contributed by atoms with Gasteiger partial charge in [0.1, 0.15) is 0 Å². The molecule has 1 rings (SSSR count). The van der Waals surface area contributed by atoms with Crippen LogP contribution in [-0.4, -0.2) is 19.0 Å². The van der Waals surface area contributed by atoms with E-state index in [0.717, 1.165) is 32.5 Å². The topological polar surface area (TPSA) is 18.5 Å². The van der Waals surface area contributed by atoms with Gasteiger partial charge in [-0.3, -0.25) is 0 Å². The highest BCUT2D eigenvalue weighted by atomic mass is 16.7. The molecule has 1 fully saturated rings. The van der Waals surface area contributed by atoms with E-state index >= 15 is 0 Å². The van der Waals surface area contributed by atoms with E-state index in [0.29, 0.717) is 0 Å². The molecule has 0 radical (unpaired) electrons. The monoisotopic (exact) mass is 144 g/mol. The minimum Gasteiger partial charge on any atom is -0.348 e. The summed E-state index contributed by atoms with van der Waals surface area (Å²) in [5, 5.41) is 0. The summed E-state index contributed by atoms with van der Waals surface area (Å²) in [6.45, 7) is 5.81. The summed E-state index contributed by atoms with van der Waals surface area (Å²) in [6.07, 6.45) is 3.14. The average Bonchev–Trinajstić information content (AvgIpc) is 2.39. The van der Waals surface area contributed by atoms with Crippen LogP contribution in [0.5, 0.6) is 0 Å². The van der Waals surface area contributed by atoms with Crippen LogP contribution >= 0.6 is 0 Å². The first-order chi connectivity index (χ1) is 4.83. The largest absolute Gasteiger partial charge is 0.348 e. The Bertz CT molecular complexity index is 95.4. The van der Waals surface area contributed by atoms with Crippen LogP contribution in [0.3, 0.4) is 0 Å². The molecule has 60 valence electrons. The van der Waals surface area contributed by atoms with Crippen molar-refractivity contribution in [3.05, 3.63) is 0 Å². The van der Waals surface area contributed by atoms with Crippen LogP contribution < -0.4 is 0 Å². The molecule has 2 nitrogen and oxygen atoms in total. The van der Waals surface area contributed by atoms with E-state index in [1.54, 1.807) is 0 Å². The SMILES string of the molecule is CCCC1(CC)OCCO1. The molecular weight excluding hydrogens is 128 g/mol. The second-order valence-corrected chi connectivity index (χ2v) is 2.71. The fourth-order valence-electron chi connectivity index (χ4n) is 1.40. The summed E-state index contributed by atoms with van der Waals surface area (Å²) in [5.41, 5.74) is 0. The van der Waals surface area contributed by atoms with E-state index in [1.165, 1.54) is 0 Å². The molecular formula is C8H16O2. The number of rotatable bonds is 3. The summed E-state index contributed by atoms with van der Waals surface area (Å²) < 4.78 is 11.0. The molecule has 1 heterocycles. The molecule has 0 unspecified atom stereocenters. The smallest absolute Gasteiger partial charge is 0.168 e. The van der Waals surface area contributed by atoms with Gasteiger partial charge in [0.15, 0.2) is 5.79 Å². The Morgan fingerprint density at radius 3 is 2.20 bits per heavy atom. The van der Waals surface area contributed by atoms with Crippen LogP contribution in [0.15, 0.2) is 0 Å². The molecule has 0 atom stereocenters. The minimum atomic E-state index is -0.214. The van der Waals surface area contributed by atoms with Crippen LogP contribution in [-0.2, 0) is 9.47 Å². The Hall–Kier alpha value is -0.0800. The summed E-state index contributed by atoms with van der Waals surface area (Å²) in [6, 6.07) is 0. The van der Waals surface area contributed by atoms with Crippen LogP contribution in [0, 0.1) is 0 Å². The molecule has 0 saturated carbocycles. The lowest BCUT2D eigenvalue weighted by Crippen LogP contribution is -2.28. The molecule has 2 heteroatoms. The van der Waals surface area contributed by atoms with Crippen molar-refractivity contribution in [3.8, 4) is 0 Å². The summed E-state index contributed by atoms with van der Waals surface area (Å²) in [4.78, 5) is 0. The maximum Gasteiger partial charge on any atom is 0.168 e. The quantitative estimate of drug-likeness (QED) is 0.602. The van der Waals surface area contributed by atoms with E-state index in [-0.39, 0.29) is 5.79 Å². The van der Waals surface area contributed by atoms with Crippen molar-refractivity contribution < 1.29 is 9.47 Å². The molecule has 0 amide bonds. The van der Waals surface area contributed by atoms with Crippen molar-refractivity contribution in [2.45, 2.75) is 38.9 Å². The van der Waals surface area contributed by atoms with Crippen molar-refractivity contribution in [1.82, 2.24) is 0 Å². The van der Waals surface area contributed by atoms with E-state index in [9.17, 15) is 0 Å². The lowest BCUT2D eigenvalue weighted by atomic mass is 10.1. The zero-order valence-electron chi connectivity index (χ0n) is 6.85. The third-order valence-corrected chi connectivity index (χ3v) is 1.98. The van der Waals surface area contributed by atoms with Gasteiger partial charge >= 0.3 is 0 Å². The number of hydrogen-bond acceptors (Lipinski definition) is 2. The number of hydrogen-bond donors (Lipinski definition) is 0. The Balaban J connectivity index is 2.41. The molecule has 0 bridgehead atoms. The van der Waals surface area contributed by atoms with Crippen LogP contribution in [0.1, 0.15) is 33.1 Å². The lowest BCUT2D eigenvalue weighted by Gasteiger charge is -2.24. The fourth-order valence-corrected chi connectivity index (χ4v) is 1.40. The van der Waals surface area contributed by atoms with E-state index in [1.807, 2.05) is 0 Å². The summed E-state index contributed by atoms with van der Waals surface area (Å²) in [7, 11) is 0. The molecule has 1 aliphatic heterocycles. The maximum absolute atomic E-state index is 5.51. The molecule has 0 aromatic rings. The Morgan fingerprint density at radius 1 is 1.20 bits per heavy atom. The molecule has 0 aliphatic carbocycles. The van der Waals surface area contributed by atoms with Gasteiger partial charge in [0, 0.05) is 6.42 Å². The first-order valence-electron chi connectivity index (χ1n) is 4.11. The molecule has 0 aromatic carbocycles. The summed E-state index contributed by atoms with van der Waals surface area (Å²) >= 11 is 0. The highest BCUT2D eigenvalue weighted by Gasteiger charge is 2.32. The minimum absolute atomic E-state index is 0.214. The normalized spacial score (nSPS) is 23.4. The van der Waals surface area contributed by atoms with Crippen molar-refractivity contribution in [2.75, 3.05) is 13.2 Å². The number of ether oxygens (including phenoxy) is 2. The molecule has 0 aromatic heterocycles. The predicted octanol–water partition coefficient (Wildman–Crippen LogP) is 1.94. The molecule has 0 N–H and O–H groups in total. The van der Waals surface area contributed by atoms with Crippen molar-refractivity contribution in [1.29, 1.82) is 0 Å². The third-order valence-electron chi connectivity index (χ3n) is 1.98. The molecule has 1 aliphatic rings. The van der Waals surface area contributed by atoms with Gasteiger partial charge in [-0.1, -0.05) is 20.3 Å². The van der Waals surface area contributed by atoms with E-state index < -0.39 is 0 Å². The fraction of sp³-hybridized carbons (Fsp3) is 1.00. The maximum atomic E-state index is 5.51. The Morgan fingerprint density at radius 2 is 1.80 bits per heavy atom. The average molecular weight is 144 g/mol. The standard InChI is InChI=1S/C8H16O2/c1-3-5-8(4-2)9-6-7-10-8/h3-7H2,1-2H3.